The zero-order chi connectivity index (χ0) is 13.0. The molecular formula is C11H17N3O3. The molecule has 1 heterocycles. The van der Waals surface area contributed by atoms with Crippen molar-refractivity contribution in [1.82, 2.24) is 9.78 Å². The molecule has 0 saturated heterocycles. The Morgan fingerprint density at radius 3 is 2.53 bits per heavy atom. The summed E-state index contributed by atoms with van der Waals surface area (Å²) >= 11 is 0. The number of aromatic nitrogens is 2. The van der Waals surface area contributed by atoms with Crippen LogP contribution in [0.1, 0.15) is 37.0 Å². The number of hydrogen-bond acceptors (Lipinski definition) is 3. The lowest BCUT2D eigenvalue weighted by atomic mass is 10.0. The number of aromatic carboxylic acids is 1. The van der Waals surface area contributed by atoms with Crippen LogP contribution >= 0.6 is 0 Å². The van der Waals surface area contributed by atoms with Crippen LogP contribution < -0.4 is 5.32 Å². The summed E-state index contributed by atoms with van der Waals surface area (Å²) in [7, 11) is 1.59. The maximum atomic E-state index is 11.9. The summed E-state index contributed by atoms with van der Waals surface area (Å²) in [4.78, 5) is 22.8. The van der Waals surface area contributed by atoms with Gasteiger partial charge in [0.2, 0.25) is 5.91 Å². The van der Waals surface area contributed by atoms with Crippen molar-refractivity contribution in [3.05, 3.63) is 11.8 Å². The highest BCUT2D eigenvalue weighted by Crippen LogP contribution is 2.17. The first-order chi connectivity index (χ1) is 8.01. The Morgan fingerprint density at radius 2 is 2.06 bits per heavy atom. The second kappa shape index (κ2) is 5.47. The summed E-state index contributed by atoms with van der Waals surface area (Å²) in [5, 5.41) is 15.4. The summed E-state index contributed by atoms with van der Waals surface area (Å²) in [5.41, 5.74) is 0.00630. The van der Waals surface area contributed by atoms with Gasteiger partial charge in [0, 0.05) is 13.0 Å². The van der Waals surface area contributed by atoms with E-state index in [1.807, 2.05) is 13.8 Å². The highest BCUT2D eigenvalue weighted by Gasteiger charge is 2.20. The number of nitrogens with one attached hydrogen (secondary N) is 1. The lowest BCUT2D eigenvalue weighted by Gasteiger charge is -2.13. The smallest absolute Gasteiger partial charge is 0.341 e. The van der Waals surface area contributed by atoms with E-state index >= 15 is 0 Å². The largest absolute Gasteiger partial charge is 0.477 e. The average molecular weight is 239 g/mol. The first kappa shape index (κ1) is 13.2. The number of carbonyl (C=O) groups is 2. The van der Waals surface area contributed by atoms with Crippen LogP contribution in [0.15, 0.2) is 6.20 Å². The zero-order valence-electron chi connectivity index (χ0n) is 10.2. The quantitative estimate of drug-likeness (QED) is 0.815. The van der Waals surface area contributed by atoms with Gasteiger partial charge in [0.1, 0.15) is 11.4 Å². The minimum absolute atomic E-state index is 0.00630. The van der Waals surface area contributed by atoms with Crippen LogP contribution in [0.5, 0.6) is 0 Å². The number of anilines is 1. The minimum atomic E-state index is -1.10. The van der Waals surface area contributed by atoms with Crippen LogP contribution in [0.25, 0.3) is 0 Å². The van der Waals surface area contributed by atoms with Crippen molar-refractivity contribution >= 4 is 17.7 Å². The molecule has 0 aromatic carbocycles. The van der Waals surface area contributed by atoms with E-state index < -0.39 is 5.97 Å². The van der Waals surface area contributed by atoms with Crippen molar-refractivity contribution < 1.29 is 14.7 Å². The lowest BCUT2D eigenvalue weighted by molar-refractivity contribution is -0.120. The molecule has 0 saturated carbocycles. The molecule has 0 atom stereocenters. The van der Waals surface area contributed by atoms with Gasteiger partial charge >= 0.3 is 5.97 Å². The molecule has 1 aromatic rings. The second-order valence-corrected chi connectivity index (χ2v) is 3.84. The summed E-state index contributed by atoms with van der Waals surface area (Å²) in [5.74, 6) is -1.14. The summed E-state index contributed by atoms with van der Waals surface area (Å²) < 4.78 is 1.35. The van der Waals surface area contributed by atoms with Gasteiger partial charge in [0.05, 0.1) is 6.20 Å². The maximum Gasteiger partial charge on any atom is 0.341 e. The van der Waals surface area contributed by atoms with E-state index in [1.165, 1.54) is 10.9 Å². The Hall–Kier alpha value is -1.85. The Morgan fingerprint density at radius 1 is 1.47 bits per heavy atom. The van der Waals surface area contributed by atoms with E-state index in [4.69, 9.17) is 5.11 Å². The summed E-state index contributed by atoms with van der Waals surface area (Å²) in [6.45, 7) is 3.85. The van der Waals surface area contributed by atoms with Gasteiger partial charge in [-0.2, -0.15) is 5.10 Å². The first-order valence-corrected chi connectivity index (χ1v) is 5.57. The molecule has 0 unspecified atom stereocenters. The monoisotopic (exact) mass is 239 g/mol. The van der Waals surface area contributed by atoms with Crippen LogP contribution in [-0.2, 0) is 11.8 Å². The van der Waals surface area contributed by atoms with Gasteiger partial charge in [0.15, 0.2) is 0 Å². The van der Waals surface area contributed by atoms with E-state index in [0.29, 0.717) is 0 Å². The van der Waals surface area contributed by atoms with Crippen molar-refractivity contribution in [3.8, 4) is 0 Å². The van der Waals surface area contributed by atoms with Crippen molar-refractivity contribution in [2.24, 2.45) is 13.0 Å². The number of carboxylic acids is 1. The molecule has 1 aromatic heterocycles. The summed E-state index contributed by atoms with van der Waals surface area (Å²) in [6, 6.07) is 0. The highest BCUT2D eigenvalue weighted by atomic mass is 16.4. The fourth-order valence-corrected chi connectivity index (χ4v) is 1.62. The van der Waals surface area contributed by atoms with E-state index in [9.17, 15) is 9.59 Å². The number of amides is 1. The normalized spacial score (nSPS) is 10.6. The topological polar surface area (TPSA) is 84.2 Å². The number of hydrogen-bond donors (Lipinski definition) is 2. The van der Waals surface area contributed by atoms with Crippen molar-refractivity contribution in [1.29, 1.82) is 0 Å². The molecule has 0 spiro atoms. The SMILES string of the molecule is CCC(CC)C(=O)Nc1c(C(=O)O)cnn1C. The van der Waals surface area contributed by atoms with Gasteiger partial charge in [-0.05, 0) is 12.8 Å². The predicted molar refractivity (Wildman–Crippen MR) is 62.9 cm³/mol. The molecular weight excluding hydrogens is 222 g/mol. The van der Waals surface area contributed by atoms with Gasteiger partial charge in [-0.1, -0.05) is 13.8 Å². The third kappa shape index (κ3) is 2.83. The fourth-order valence-electron chi connectivity index (χ4n) is 1.62. The molecule has 1 amide bonds. The van der Waals surface area contributed by atoms with Crippen LogP contribution in [-0.4, -0.2) is 26.8 Å². The maximum absolute atomic E-state index is 11.9. The number of rotatable bonds is 5. The molecule has 1 rings (SSSR count). The number of aryl methyl sites for hydroxylation is 1. The van der Waals surface area contributed by atoms with E-state index in [-0.39, 0.29) is 23.2 Å². The van der Waals surface area contributed by atoms with Gasteiger partial charge in [-0.15, -0.1) is 0 Å². The average Bonchev–Trinajstić information content (AvgIpc) is 2.62. The molecule has 6 heteroatoms. The van der Waals surface area contributed by atoms with Crippen LogP contribution in [0.3, 0.4) is 0 Å². The lowest BCUT2D eigenvalue weighted by Crippen LogP contribution is -2.24. The standard InChI is InChI=1S/C11H17N3O3/c1-4-7(5-2)10(15)13-9-8(11(16)17)6-12-14(9)3/h6-7H,4-5H2,1-3H3,(H,13,15)(H,16,17). The van der Waals surface area contributed by atoms with Gasteiger partial charge < -0.3 is 10.4 Å². The molecule has 0 aliphatic carbocycles. The van der Waals surface area contributed by atoms with Gasteiger partial charge in [-0.3, -0.25) is 9.48 Å². The van der Waals surface area contributed by atoms with Crippen molar-refractivity contribution in [2.75, 3.05) is 5.32 Å². The molecule has 6 nitrogen and oxygen atoms in total. The van der Waals surface area contributed by atoms with Crippen LogP contribution in [0.4, 0.5) is 5.82 Å². The Labute approximate surface area is 99.6 Å². The number of carboxylic acid groups (broad SMARTS) is 1. The van der Waals surface area contributed by atoms with Gasteiger partial charge in [0.25, 0.3) is 0 Å². The molecule has 0 fully saturated rings. The Bertz CT molecular complexity index is 422. The number of nitrogens with zero attached hydrogens (tertiary/aromatic N) is 2. The van der Waals surface area contributed by atoms with Crippen molar-refractivity contribution in [2.45, 2.75) is 26.7 Å². The Kier molecular flexibility index (Phi) is 4.25. The first-order valence-electron chi connectivity index (χ1n) is 5.57. The molecule has 0 aliphatic heterocycles. The van der Waals surface area contributed by atoms with Crippen LogP contribution in [0, 0.1) is 5.92 Å². The zero-order valence-corrected chi connectivity index (χ0v) is 10.2. The summed E-state index contributed by atoms with van der Waals surface area (Å²) in [6.07, 6.45) is 2.68. The third-order valence-electron chi connectivity index (χ3n) is 2.77. The van der Waals surface area contributed by atoms with E-state index in [0.717, 1.165) is 12.8 Å². The predicted octanol–water partition coefficient (Wildman–Crippen LogP) is 1.49. The van der Waals surface area contributed by atoms with E-state index in [2.05, 4.69) is 10.4 Å². The van der Waals surface area contributed by atoms with E-state index in [1.54, 1.807) is 7.05 Å². The third-order valence-corrected chi connectivity index (χ3v) is 2.77. The highest BCUT2D eigenvalue weighted by molar-refractivity contribution is 5.99. The van der Waals surface area contributed by atoms with Crippen molar-refractivity contribution in [3.63, 3.8) is 0 Å². The molecule has 0 radical (unpaired) electrons. The molecule has 17 heavy (non-hydrogen) atoms. The molecule has 2 N–H and O–H groups in total. The van der Waals surface area contributed by atoms with Crippen LogP contribution in [0.2, 0.25) is 0 Å². The molecule has 94 valence electrons. The molecule has 0 aliphatic rings. The number of carbonyl (C=O) groups excluding carboxylic acids is 1. The fraction of sp³-hybridized carbons (Fsp3) is 0.545. The second-order valence-electron chi connectivity index (χ2n) is 3.84. The Balaban J connectivity index is 2.91. The molecule has 0 bridgehead atoms. The van der Waals surface area contributed by atoms with Gasteiger partial charge in [-0.25, -0.2) is 4.79 Å². The minimum Gasteiger partial charge on any atom is -0.477 e.